The number of pyridine rings is 1. The van der Waals surface area contributed by atoms with Gasteiger partial charge >= 0.3 is 0 Å². The second-order valence-corrected chi connectivity index (χ2v) is 6.50. The highest BCUT2D eigenvalue weighted by Gasteiger charge is 2.24. The first kappa shape index (κ1) is 16.0. The van der Waals surface area contributed by atoms with Crippen molar-refractivity contribution in [3.63, 3.8) is 0 Å². The first-order valence-corrected chi connectivity index (χ1v) is 8.48. The molecule has 2 atom stereocenters. The van der Waals surface area contributed by atoms with E-state index in [2.05, 4.69) is 39.7 Å². The molecule has 0 radical (unpaired) electrons. The topological polar surface area (TPSA) is 76.4 Å². The Kier molecular flexibility index (Phi) is 4.33. The van der Waals surface area contributed by atoms with E-state index in [1.807, 2.05) is 16.8 Å². The van der Waals surface area contributed by atoms with E-state index in [0.717, 1.165) is 42.4 Å². The predicted octanol–water partition coefficient (Wildman–Crippen LogP) is 1.89. The lowest BCUT2D eigenvalue weighted by molar-refractivity contribution is 0.173. The van der Waals surface area contributed by atoms with Crippen LogP contribution >= 0.6 is 0 Å². The van der Waals surface area contributed by atoms with E-state index in [1.165, 1.54) is 5.56 Å². The Morgan fingerprint density at radius 1 is 1.36 bits per heavy atom. The molecule has 4 rings (SSSR count). The van der Waals surface area contributed by atoms with Gasteiger partial charge in [0.1, 0.15) is 17.2 Å². The van der Waals surface area contributed by atoms with Crippen LogP contribution in [0.3, 0.4) is 0 Å². The SMILES string of the molecule is COCC1CC(Nc2cncc(-c3cnc4cc(C)ccn34)n2)CN1. The molecule has 3 aromatic heterocycles. The second-order valence-electron chi connectivity index (χ2n) is 6.50. The lowest BCUT2D eigenvalue weighted by Gasteiger charge is -2.13. The summed E-state index contributed by atoms with van der Waals surface area (Å²) in [5.41, 5.74) is 3.84. The molecule has 1 fully saturated rings. The van der Waals surface area contributed by atoms with Crippen molar-refractivity contribution in [3.05, 3.63) is 42.5 Å². The van der Waals surface area contributed by atoms with Gasteiger partial charge in [-0.2, -0.15) is 0 Å². The number of fused-ring (bicyclic) bond motifs is 1. The first-order chi connectivity index (χ1) is 12.2. The molecule has 1 aliphatic heterocycles. The smallest absolute Gasteiger partial charge is 0.145 e. The number of aryl methyl sites for hydroxylation is 1. The molecule has 3 aromatic rings. The first-order valence-electron chi connectivity index (χ1n) is 8.48. The highest BCUT2D eigenvalue weighted by Crippen LogP contribution is 2.21. The molecule has 0 aliphatic carbocycles. The summed E-state index contributed by atoms with van der Waals surface area (Å²) in [6, 6.07) is 4.84. The van der Waals surface area contributed by atoms with Gasteiger partial charge in [0.05, 0.1) is 30.9 Å². The Hall–Kier alpha value is -2.51. The van der Waals surface area contributed by atoms with Crippen molar-refractivity contribution in [2.75, 3.05) is 25.6 Å². The number of rotatable bonds is 5. The maximum Gasteiger partial charge on any atom is 0.145 e. The number of nitrogens with one attached hydrogen (secondary N) is 2. The Balaban J connectivity index is 1.55. The summed E-state index contributed by atoms with van der Waals surface area (Å²) in [5, 5.41) is 6.92. The third-order valence-corrected chi connectivity index (χ3v) is 4.51. The average Bonchev–Trinajstić information content (AvgIpc) is 3.22. The summed E-state index contributed by atoms with van der Waals surface area (Å²) in [5.74, 6) is 0.782. The monoisotopic (exact) mass is 338 g/mol. The van der Waals surface area contributed by atoms with Crippen LogP contribution in [0, 0.1) is 6.92 Å². The molecule has 7 heteroatoms. The number of hydrogen-bond donors (Lipinski definition) is 2. The summed E-state index contributed by atoms with van der Waals surface area (Å²) in [6.07, 6.45) is 8.41. The predicted molar refractivity (Wildman–Crippen MR) is 96.6 cm³/mol. The Morgan fingerprint density at radius 2 is 2.28 bits per heavy atom. The molecule has 0 bridgehead atoms. The van der Waals surface area contributed by atoms with Gasteiger partial charge in [-0.1, -0.05) is 0 Å². The van der Waals surface area contributed by atoms with Gasteiger partial charge in [0.2, 0.25) is 0 Å². The van der Waals surface area contributed by atoms with Gasteiger partial charge in [-0.15, -0.1) is 0 Å². The molecule has 25 heavy (non-hydrogen) atoms. The average molecular weight is 338 g/mol. The third kappa shape index (κ3) is 3.33. The van der Waals surface area contributed by atoms with Crippen LogP contribution in [0.15, 0.2) is 36.9 Å². The van der Waals surface area contributed by atoms with Gasteiger partial charge in [-0.05, 0) is 31.0 Å². The Morgan fingerprint density at radius 3 is 3.16 bits per heavy atom. The fourth-order valence-corrected chi connectivity index (χ4v) is 3.30. The van der Waals surface area contributed by atoms with Gasteiger partial charge < -0.3 is 15.4 Å². The van der Waals surface area contributed by atoms with Crippen LogP contribution in [0.2, 0.25) is 0 Å². The van der Waals surface area contributed by atoms with Gasteiger partial charge in [0.15, 0.2) is 0 Å². The minimum Gasteiger partial charge on any atom is -0.383 e. The van der Waals surface area contributed by atoms with Crippen molar-refractivity contribution in [3.8, 4) is 11.4 Å². The van der Waals surface area contributed by atoms with Crippen molar-refractivity contribution >= 4 is 11.5 Å². The standard InChI is InChI=1S/C18H22N6O/c1-12-3-4-24-16(9-21-18(24)5-12)15-8-19-10-17(23-15)22-13-6-14(11-25-2)20-7-13/h3-5,8-10,13-14,20H,6-7,11H2,1-2H3,(H,22,23). The van der Waals surface area contributed by atoms with Gasteiger partial charge in [0.25, 0.3) is 0 Å². The Bertz CT molecular complexity index is 877. The second kappa shape index (κ2) is 6.78. The third-order valence-electron chi connectivity index (χ3n) is 4.51. The van der Waals surface area contributed by atoms with E-state index in [4.69, 9.17) is 9.72 Å². The van der Waals surface area contributed by atoms with E-state index in [1.54, 1.807) is 19.5 Å². The van der Waals surface area contributed by atoms with Crippen LogP contribution in [-0.4, -0.2) is 51.7 Å². The molecule has 2 N–H and O–H groups in total. The molecule has 2 unspecified atom stereocenters. The number of aromatic nitrogens is 4. The number of nitrogens with zero attached hydrogens (tertiary/aromatic N) is 4. The molecule has 0 amide bonds. The molecular formula is C18H22N6O. The van der Waals surface area contributed by atoms with E-state index in [9.17, 15) is 0 Å². The van der Waals surface area contributed by atoms with E-state index in [-0.39, 0.29) is 0 Å². The zero-order chi connectivity index (χ0) is 17.2. The van der Waals surface area contributed by atoms with Crippen molar-refractivity contribution in [2.45, 2.75) is 25.4 Å². The van der Waals surface area contributed by atoms with E-state index < -0.39 is 0 Å². The summed E-state index contributed by atoms with van der Waals surface area (Å²) in [6.45, 7) is 3.69. The number of hydrogen-bond acceptors (Lipinski definition) is 6. The summed E-state index contributed by atoms with van der Waals surface area (Å²) in [4.78, 5) is 13.6. The van der Waals surface area contributed by atoms with Crippen molar-refractivity contribution in [1.29, 1.82) is 0 Å². The van der Waals surface area contributed by atoms with Crippen molar-refractivity contribution in [2.24, 2.45) is 0 Å². The zero-order valence-corrected chi connectivity index (χ0v) is 14.4. The van der Waals surface area contributed by atoms with Crippen molar-refractivity contribution < 1.29 is 4.74 Å². The summed E-state index contributed by atoms with van der Waals surface area (Å²) >= 11 is 0. The fraction of sp³-hybridized carbons (Fsp3) is 0.389. The van der Waals surface area contributed by atoms with Gasteiger partial charge in [-0.3, -0.25) is 9.38 Å². The van der Waals surface area contributed by atoms with Gasteiger partial charge in [-0.25, -0.2) is 9.97 Å². The molecular weight excluding hydrogens is 316 g/mol. The zero-order valence-electron chi connectivity index (χ0n) is 14.4. The maximum absolute atomic E-state index is 5.21. The van der Waals surface area contributed by atoms with Crippen LogP contribution in [0.1, 0.15) is 12.0 Å². The minimum atomic E-state index is 0.328. The molecule has 1 saturated heterocycles. The lowest BCUT2D eigenvalue weighted by Crippen LogP contribution is -2.26. The molecule has 1 aliphatic rings. The quantitative estimate of drug-likeness (QED) is 0.740. The number of anilines is 1. The number of ether oxygens (including phenoxy) is 1. The van der Waals surface area contributed by atoms with E-state index >= 15 is 0 Å². The lowest BCUT2D eigenvalue weighted by atomic mass is 10.2. The van der Waals surface area contributed by atoms with Crippen LogP contribution in [-0.2, 0) is 4.74 Å². The summed E-state index contributed by atoms with van der Waals surface area (Å²) in [7, 11) is 1.73. The fourth-order valence-electron chi connectivity index (χ4n) is 3.30. The van der Waals surface area contributed by atoms with E-state index in [0.29, 0.717) is 12.1 Å². The number of methoxy groups -OCH3 is 1. The molecule has 0 saturated carbocycles. The van der Waals surface area contributed by atoms with Crippen molar-refractivity contribution in [1.82, 2.24) is 24.7 Å². The van der Waals surface area contributed by atoms with Crippen LogP contribution in [0.25, 0.3) is 17.0 Å². The molecule has 0 spiro atoms. The highest BCUT2D eigenvalue weighted by atomic mass is 16.5. The van der Waals surface area contributed by atoms with Crippen LogP contribution < -0.4 is 10.6 Å². The maximum atomic E-state index is 5.21. The van der Waals surface area contributed by atoms with Crippen LogP contribution in [0.5, 0.6) is 0 Å². The largest absolute Gasteiger partial charge is 0.383 e. The van der Waals surface area contributed by atoms with Gasteiger partial charge in [0, 0.05) is 31.9 Å². The number of imidazole rings is 1. The summed E-state index contributed by atoms with van der Waals surface area (Å²) < 4.78 is 7.25. The molecule has 7 nitrogen and oxygen atoms in total. The minimum absolute atomic E-state index is 0.328. The molecule has 130 valence electrons. The Labute approximate surface area is 146 Å². The molecule has 0 aromatic carbocycles. The van der Waals surface area contributed by atoms with Crippen LogP contribution in [0.4, 0.5) is 5.82 Å². The molecule has 4 heterocycles. The highest BCUT2D eigenvalue weighted by molar-refractivity contribution is 5.61. The normalized spacial score (nSPS) is 20.2.